The van der Waals surface area contributed by atoms with Crippen LogP contribution in [0.15, 0.2) is 60.8 Å². The summed E-state index contributed by atoms with van der Waals surface area (Å²) in [5.74, 6) is 0.162. The van der Waals surface area contributed by atoms with Gasteiger partial charge in [-0.3, -0.25) is 19.8 Å². The van der Waals surface area contributed by atoms with E-state index >= 15 is 0 Å². The van der Waals surface area contributed by atoms with Crippen molar-refractivity contribution in [3.05, 3.63) is 60.8 Å². The summed E-state index contributed by atoms with van der Waals surface area (Å²) >= 11 is 0. The maximum atomic E-state index is 12.8. The van der Waals surface area contributed by atoms with Gasteiger partial charge in [-0.15, -0.1) is 0 Å². The summed E-state index contributed by atoms with van der Waals surface area (Å²) in [6.07, 6.45) is 6.65. The number of carbonyl (C=O) groups is 3. The number of hydrogen-bond donors (Lipinski definition) is 2. The van der Waals surface area contributed by atoms with Gasteiger partial charge in [-0.05, 0) is 54.7 Å². The molecule has 2 aliphatic carbocycles. The Labute approximate surface area is 161 Å². The molecule has 140 valence electrons. The number of imide groups is 1. The average Bonchev–Trinajstić information content (AvgIpc) is 3.37. The van der Waals surface area contributed by atoms with Crippen LogP contribution >= 0.6 is 0 Å². The zero-order valence-corrected chi connectivity index (χ0v) is 14.9. The zero-order chi connectivity index (χ0) is 19.3. The minimum absolute atomic E-state index is 0.111. The van der Waals surface area contributed by atoms with E-state index in [-0.39, 0.29) is 35.5 Å². The van der Waals surface area contributed by atoms with Crippen molar-refractivity contribution in [3.63, 3.8) is 0 Å². The first-order chi connectivity index (χ1) is 13.6. The van der Waals surface area contributed by atoms with Crippen LogP contribution < -0.4 is 15.5 Å². The highest BCUT2D eigenvalue weighted by Gasteiger charge is 2.59. The number of urea groups is 1. The number of aromatic nitrogens is 1. The Morgan fingerprint density at radius 1 is 0.929 bits per heavy atom. The second-order valence-electron chi connectivity index (χ2n) is 7.35. The van der Waals surface area contributed by atoms with Gasteiger partial charge in [-0.2, -0.15) is 0 Å². The van der Waals surface area contributed by atoms with E-state index in [0.717, 1.165) is 6.42 Å². The number of rotatable bonds is 3. The summed E-state index contributed by atoms with van der Waals surface area (Å²) in [6, 6.07) is 11.5. The van der Waals surface area contributed by atoms with Gasteiger partial charge in [0.05, 0.1) is 17.5 Å². The maximum absolute atomic E-state index is 12.8. The van der Waals surface area contributed by atoms with E-state index in [1.807, 2.05) is 0 Å². The third-order valence-corrected chi connectivity index (χ3v) is 5.76. The van der Waals surface area contributed by atoms with Crippen LogP contribution in [0.4, 0.5) is 22.0 Å². The molecule has 28 heavy (non-hydrogen) atoms. The molecule has 2 bridgehead atoms. The van der Waals surface area contributed by atoms with Crippen molar-refractivity contribution in [1.82, 2.24) is 4.98 Å². The molecule has 7 heteroatoms. The van der Waals surface area contributed by atoms with Crippen molar-refractivity contribution < 1.29 is 14.4 Å². The first kappa shape index (κ1) is 16.7. The van der Waals surface area contributed by atoms with Crippen LogP contribution in [0.1, 0.15) is 6.42 Å². The molecule has 0 unspecified atom stereocenters. The fourth-order valence-electron chi connectivity index (χ4n) is 4.57. The number of carbonyl (C=O) groups excluding carboxylic acids is 3. The molecule has 2 fully saturated rings. The number of fused-ring (bicyclic) bond motifs is 5. The van der Waals surface area contributed by atoms with Gasteiger partial charge >= 0.3 is 6.03 Å². The molecule has 4 amide bonds. The van der Waals surface area contributed by atoms with Gasteiger partial charge in [0.2, 0.25) is 11.8 Å². The molecule has 2 aromatic rings. The van der Waals surface area contributed by atoms with E-state index in [9.17, 15) is 14.4 Å². The molecule has 3 aliphatic rings. The van der Waals surface area contributed by atoms with Gasteiger partial charge in [0, 0.05) is 11.9 Å². The highest BCUT2D eigenvalue weighted by atomic mass is 16.2. The third kappa shape index (κ3) is 2.58. The lowest BCUT2D eigenvalue weighted by atomic mass is 9.85. The molecule has 0 spiro atoms. The third-order valence-electron chi connectivity index (χ3n) is 5.76. The van der Waals surface area contributed by atoms with Crippen molar-refractivity contribution in [1.29, 1.82) is 0 Å². The number of benzene rings is 1. The smallest absolute Gasteiger partial charge is 0.308 e. The molecule has 1 aromatic carbocycles. The van der Waals surface area contributed by atoms with Gasteiger partial charge in [0.25, 0.3) is 0 Å². The second-order valence-corrected chi connectivity index (χ2v) is 7.35. The normalized spacial score (nSPS) is 27.2. The van der Waals surface area contributed by atoms with Crippen LogP contribution in [0, 0.1) is 23.7 Å². The summed E-state index contributed by atoms with van der Waals surface area (Å²) < 4.78 is 0. The Morgan fingerprint density at radius 3 is 2.21 bits per heavy atom. The van der Waals surface area contributed by atoms with Crippen LogP contribution in [0.2, 0.25) is 0 Å². The van der Waals surface area contributed by atoms with Crippen molar-refractivity contribution in [3.8, 4) is 0 Å². The fourth-order valence-corrected chi connectivity index (χ4v) is 4.57. The standard InChI is InChI=1S/C21H18N4O3/c26-19-17-12-4-5-13(11-12)18(17)20(27)25(19)15-8-6-14(7-9-15)23-21(28)24-16-3-1-2-10-22-16/h1-10,12-13,17-18H,11H2,(H2,22,23,24,28)/t12-,13-,17-,18-/m0/s1. The molecule has 0 radical (unpaired) electrons. The highest BCUT2D eigenvalue weighted by molar-refractivity contribution is 6.22. The first-order valence-electron chi connectivity index (χ1n) is 9.27. The molecule has 5 rings (SSSR count). The summed E-state index contributed by atoms with van der Waals surface area (Å²) in [5.41, 5.74) is 1.10. The number of anilines is 3. The van der Waals surface area contributed by atoms with Gasteiger partial charge in [-0.25, -0.2) is 9.78 Å². The minimum Gasteiger partial charge on any atom is -0.308 e. The van der Waals surface area contributed by atoms with E-state index in [0.29, 0.717) is 17.2 Å². The zero-order valence-electron chi connectivity index (χ0n) is 14.9. The van der Waals surface area contributed by atoms with Crippen LogP contribution in [0.25, 0.3) is 0 Å². The number of hydrogen-bond acceptors (Lipinski definition) is 4. The minimum atomic E-state index is -0.419. The topological polar surface area (TPSA) is 91.4 Å². The molecule has 1 aromatic heterocycles. The van der Waals surface area contributed by atoms with Crippen LogP contribution in [0.5, 0.6) is 0 Å². The summed E-state index contributed by atoms with van der Waals surface area (Å²) in [6.45, 7) is 0. The molecule has 2 N–H and O–H groups in total. The quantitative estimate of drug-likeness (QED) is 0.638. The largest absolute Gasteiger partial charge is 0.324 e. The Bertz CT molecular complexity index is 956. The van der Waals surface area contributed by atoms with Crippen LogP contribution in [-0.4, -0.2) is 22.8 Å². The SMILES string of the molecule is O=C(Nc1ccc(N2C(=O)[C@@H]3[C@@H](C2=O)[C@H]2C=C[C@H]3C2)cc1)Nc1ccccn1. The lowest BCUT2D eigenvalue weighted by molar-refractivity contribution is -0.123. The predicted molar refractivity (Wildman–Crippen MR) is 104 cm³/mol. The van der Waals surface area contributed by atoms with Gasteiger partial charge in [0.15, 0.2) is 0 Å². The van der Waals surface area contributed by atoms with Gasteiger partial charge in [-0.1, -0.05) is 18.2 Å². The van der Waals surface area contributed by atoms with E-state index < -0.39 is 6.03 Å². The summed E-state index contributed by atoms with van der Waals surface area (Å²) in [4.78, 5) is 43.1. The Hall–Kier alpha value is -3.48. The highest BCUT2D eigenvalue weighted by Crippen LogP contribution is 2.53. The van der Waals surface area contributed by atoms with Crippen LogP contribution in [-0.2, 0) is 9.59 Å². The van der Waals surface area contributed by atoms with E-state index in [2.05, 4.69) is 27.8 Å². The summed E-state index contributed by atoms with van der Waals surface area (Å²) in [5, 5.41) is 5.34. The van der Waals surface area contributed by atoms with E-state index in [1.165, 1.54) is 4.90 Å². The Kier molecular flexibility index (Phi) is 3.75. The molecule has 1 saturated carbocycles. The second kappa shape index (κ2) is 6.30. The molecule has 2 heterocycles. The monoisotopic (exact) mass is 374 g/mol. The number of pyridine rings is 1. The van der Waals surface area contributed by atoms with Gasteiger partial charge < -0.3 is 5.32 Å². The molecular formula is C21H18N4O3. The Balaban J connectivity index is 1.29. The Morgan fingerprint density at radius 2 is 1.61 bits per heavy atom. The molecular weight excluding hydrogens is 356 g/mol. The number of nitrogens with zero attached hydrogens (tertiary/aromatic N) is 2. The molecule has 4 atom stereocenters. The van der Waals surface area contributed by atoms with Gasteiger partial charge in [0.1, 0.15) is 5.82 Å². The van der Waals surface area contributed by atoms with Crippen molar-refractivity contribution in [2.75, 3.05) is 15.5 Å². The summed E-state index contributed by atoms with van der Waals surface area (Å²) in [7, 11) is 0. The molecule has 7 nitrogen and oxygen atoms in total. The van der Waals surface area contributed by atoms with Crippen LogP contribution in [0.3, 0.4) is 0 Å². The number of allylic oxidation sites excluding steroid dienone is 2. The van der Waals surface area contributed by atoms with Crippen molar-refractivity contribution in [2.24, 2.45) is 23.7 Å². The maximum Gasteiger partial charge on any atom is 0.324 e. The number of nitrogens with one attached hydrogen (secondary N) is 2. The fraction of sp³-hybridized carbons (Fsp3) is 0.238. The number of amides is 4. The average molecular weight is 374 g/mol. The lowest BCUT2D eigenvalue weighted by Crippen LogP contribution is -2.32. The van der Waals surface area contributed by atoms with Crippen molar-refractivity contribution in [2.45, 2.75) is 6.42 Å². The van der Waals surface area contributed by atoms with Crippen molar-refractivity contribution >= 4 is 35.0 Å². The van der Waals surface area contributed by atoms with E-state index in [4.69, 9.17) is 0 Å². The predicted octanol–water partition coefficient (Wildman–Crippen LogP) is 3.04. The molecule has 1 saturated heterocycles. The lowest BCUT2D eigenvalue weighted by Gasteiger charge is -2.17. The first-order valence-corrected chi connectivity index (χ1v) is 9.27. The molecule has 1 aliphatic heterocycles. The van der Waals surface area contributed by atoms with E-state index in [1.54, 1.807) is 48.7 Å².